The highest BCUT2D eigenvalue weighted by molar-refractivity contribution is 7.97. The lowest BCUT2D eigenvalue weighted by atomic mass is 10.0. The molecule has 1 aliphatic heterocycles. The van der Waals surface area contributed by atoms with Crippen LogP contribution in [0.5, 0.6) is 0 Å². The summed E-state index contributed by atoms with van der Waals surface area (Å²) in [6, 6.07) is 16.8. The number of hydrogen-bond acceptors (Lipinski definition) is 5. The van der Waals surface area contributed by atoms with Gasteiger partial charge in [0.15, 0.2) is 5.76 Å². The van der Waals surface area contributed by atoms with Crippen LogP contribution in [0.3, 0.4) is 0 Å². The van der Waals surface area contributed by atoms with E-state index in [9.17, 15) is 4.39 Å². The first kappa shape index (κ1) is 20.4. The van der Waals surface area contributed by atoms with E-state index in [-0.39, 0.29) is 5.82 Å². The Hall–Kier alpha value is -2.84. The van der Waals surface area contributed by atoms with Gasteiger partial charge in [-0.05, 0) is 42.0 Å². The number of hydrogen-bond donors (Lipinski definition) is 1. The normalized spacial score (nSPS) is 14.8. The van der Waals surface area contributed by atoms with Crippen LogP contribution in [0.2, 0.25) is 0 Å². The molecule has 0 amide bonds. The maximum absolute atomic E-state index is 14.5. The summed E-state index contributed by atoms with van der Waals surface area (Å²) in [4.78, 5) is 4.36. The second kappa shape index (κ2) is 9.77. The summed E-state index contributed by atoms with van der Waals surface area (Å²) in [5, 5.41) is 4.09. The molecule has 2 aromatic carbocycles. The average Bonchev–Trinajstić information content (AvgIpc) is 3.25. The second-order valence-electron chi connectivity index (χ2n) is 6.90. The Kier molecular flexibility index (Phi) is 6.66. The largest absolute Gasteiger partial charge is 0.369 e. The third kappa shape index (κ3) is 5.20. The van der Waals surface area contributed by atoms with E-state index in [1.54, 1.807) is 6.07 Å². The van der Waals surface area contributed by atoms with Crippen molar-refractivity contribution >= 4 is 17.9 Å². The molecule has 0 unspecified atom stereocenters. The SMILES string of the molecule is NC(=NCc1cc(CCc2ccc(-c3ccccc3)c(F)c2)no1)N1CCOCS1. The van der Waals surface area contributed by atoms with Gasteiger partial charge in [0.25, 0.3) is 0 Å². The summed E-state index contributed by atoms with van der Waals surface area (Å²) in [6.07, 6.45) is 1.33. The first-order valence-electron chi connectivity index (χ1n) is 9.75. The van der Waals surface area contributed by atoms with E-state index in [1.807, 2.05) is 52.8 Å². The fourth-order valence-corrected chi connectivity index (χ4v) is 3.89. The van der Waals surface area contributed by atoms with Crippen molar-refractivity contribution in [2.75, 3.05) is 19.1 Å². The van der Waals surface area contributed by atoms with E-state index in [2.05, 4.69) is 10.1 Å². The molecule has 0 aliphatic carbocycles. The van der Waals surface area contributed by atoms with Crippen molar-refractivity contribution in [2.24, 2.45) is 10.7 Å². The van der Waals surface area contributed by atoms with E-state index in [0.29, 0.717) is 55.8 Å². The Bertz CT molecular complexity index is 1000. The summed E-state index contributed by atoms with van der Waals surface area (Å²) in [6.45, 7) is 1.68. The zero-order valence-corrected chi connectivity index (χ0v) is 17.3. The number of benzene rings is 2. The van der Waals surface area contributed by atoms with Crippen molar-refractivity contribution in [2.45, 2.75) is 19.4 Å². The lowest BCUT2D eigenvalue weighted by Crippen LogP contribution is -2.37. The highest BCUT2D eigenvalue weighted by Crippen LogP contribution is 2.24. The third-order valence-corrected chi connectivity index (χ3v) is 5.73. The molecule has 30 heavy (non-hydrogen) atoms. The van der Waals surface area contributed by atoms with Crippen LogP contribution in [0.15, 0.2) is 64.1 Å². The Morgan fingerprint density at radius 1 is 1.17 bits per heavy atom. The predicted octanol–water partition coefficient (Wildman–Crippen LogP) is 4.02. The standard InChI is InChI=1S/C22H23FN4O2S/c23-21-12-16(7-9-20(21)17-4-2-1-3-5-17)6-8-18-13-19(29-26-18)14-25-22(24)27-10-11-28-15-30-27/h1-5,7,9,12-13H,6,8,10-11,14-15H2,(H2,24,25). The number of rotatable bonds is 6. The molecule has 4 rings (SSSR count). The molecular weight excluding hydrogens is 403 g/mol. The highest BCUT2D eigenvalue weighted by atomic mass is 32.2. The summed E-state index contributed by atoms with van der Waals surface area (Å²) in [7, 11) is 0. The van der Waals surface area contributed by atoms with Crippen molar-refractivity contribution in [1.29, 1.82) is 0 Å². The summed E-state index contributed by atoms with van der Waals surface area (Å²) in [5.74, 6) is 1.47. The van der Waals surface area contributed by atoms with Gasteiger partial charge in [0, 0.05) is 11.6 Å². The molecule has 8 heteroatoms. The molecule has 0 atom stereocenters. The first-order chi connectivity index (χ1) is 14.7. The predicted molar refractivity (Wildman–Crippen MR) is 116 cm³/mol. The zero-order valence-electron chi connectivity index (χ0n) is 16.5. The maximum atomic E-state index is 14.5. The van der Waals surface area contributed by atoms with Gasteiger partial charge < -0.3 is 15.0 Å². The van der Waals surface area contributed by atoms with Gasteiger partial charge in [-0.15, -0.1) is 0 Å². The van der Waals surface area contributed by atoms with Gasteiger partial charge in [-0.2, -0.15) is 0 Å². The second-order valence-corrected chi connectivity index (χ2v) is 7.83. The van der Waals surface area contributed by atoms with E-state index >= 15 is 0 Å². The Balaban J connectivity index is 1.32. The molecule has 156 valence electrons. The fraction of sp³-hybridized carbons (Fsp3) is 0.273. The molecule has 2 heterocycles. The van der Waals surface area contributed by atoms with Gasteiger partial charge in [0.1, 0.15) is 18.3 Å². The van der Waals surface area contributed by atoms with Crippen LogP contribution in [0.4, 0.5) is 4.39 Å². The lowest BCUT2D eigenvalue weighted by molar-refractivity contribution is 0.162. The molecule has 3 aromatic rings. The van der Waals surface area contributed by atoms with Crippen LogP contribution in [-0.4, -0.2) is 34.5 Å². The molecule has 1 saturated heterocycles. The van der Waals surface area contributed by atoms with Crippen LogP contribution in [0.1, 0.15) is 17.0 Å². The Morgan fingerprint density at radius 2 is 2.03 bits per heavy atom. The number of aromatic nitrogens is 1. The maximum Gasteiger partial charge on any atom is 0.202 e. The Morgan fingerprint density at radius 3 is 2.80 bits per heavy atom. The monoisotopic (exact) mass is 426 g/mol. The highest BCUT2D eigenvalue weighted by Gasteiger charge is 2.14. The number of nitrogens with zero attached hydrogens (tertiary/aromatic N) is 3. The molecule has 0 radical (unpaired) electrons. The van der Waals surface area contributed by atoms with Crippen LogP contribution in [0.25, 0.3) is 11.1 Å². The van der Waals surface area contributed by atoms with Crippen molar-refractivity contribution in [3.63, 3.8) is 0 Å². The molecular formula is C22H23FN4O2S. The minimum absolute atomic E-state index is 0.217. The van der Waals surface area contributed by atoms with Gasteiger partial charge in [-0.3, -0.25) is 4.31 Å². The molecule has 1 aromatic heterocycles. The third-order valence-electron chi connectivity index (χ3n) is 4.78. The molecule has 1 aliphatic rings. The number of aliphatic imine (C=N–C) groups is 1. The van der Waals surface area contributed by atoms with Crippen molar-refractivity contribution < 1.29 is 13.7 Å². The van der Waals surface area contributed by atoms with Crippen molar-refractivity contribution in [3.05, 3.63) is 77.4 Å². The van der Waals surface area contributed by atoms with Gasteiger partial charge in [0.2, 0.25) is 5.96 Å². The van der Waals surface area contributed by atoms with Crippen LogP contribution >= 0.6 is 11.9 Å². The van der Waals surface area contributed by atoms with Crippen molar-refractivity contribution in [1.82, 2.24) is 9.46 Å². The molecule has 0 saturated carbocycles. The van der Waals surface area contributed by atoms with Crippen molar-refractivity contribution in [3.8, 4) is 11.1 Å². The quantitative estimate of drug-likeness (QED) is 0.364. The van der Waals surface area contributed by atoms with E-state index < -0.39 is 0 Å². The van der Waals surface area contributed by atoms with Gasteiger partial charge in [-0.25, -0.2) is 9.38 Å². The Labute approximate surface area is 179 Å². The smallest absolute Gasteiger partial charge is 0.202 e. The average molecular weight is 427 g/mol. The van der Waals surface area contributed by atoms with E-state index in [1.165, 1.54) is 11.9 Å². The molecule has 0 bridgehead atoms. The lowest BCUT2D eigenvalue weighted by Gasteiger charge is -2.25. The molecule has 1 fully saturated rings. The van der Waals surface area contributed by atoms with Crippen LogP contribution < -0.4 is 5.73 Å². The minimum atomic E-state index is -0.217. The molecule has 0 spiro atoms. The van der Waals surface area contributed by atoms with Crippen LogP contribution in [0, 0.1) is 5.82 Å². The molecule has 2 N–H and O–H groups in total. The summed E-state index contributed by atoms with van der Waals surface area (Å²) >= 11 is 1.50. The number of aryl methyl sites for hydroxylation is 2. The van der Waals surface area contributed by atoms with E-state index in [0.717, 1.165) is 16.8 Å². The number of nitrogens with two attached hydrogens (primary N) is 1. The number of halogens is 1. The molecule has 6 nitrogen and oxygen atoms in total. The fourth-order valence-electron chi connectivity index (χ4n) is 3.18. The zero-order chi connectivity index (χ0) is 20.8. The van der Waals surface area contributed by atoms with Gasteiger partial charge in [-0.1, -0.05) is 47.6 Å². The summed E-state index contributed by atoms with van der Waals surface area (Å²) in [5.41, 5.74) is 9.22. The van der Waals surface area contributed by atoms with Gasteiger partial charge in [0.05, 0.1) is 18.8 Å². The number of guanidine groups is 1. The minimum Gasteiger partial charge on any atom is -0.369 e. The first-order valence-corrected chi connectivity index (χ1v) is 10.7. The topological polar surface area (TPSA) is 76.9 Å². The van der Waals surface area contributed by atoms with Gasteiger partial charge >= 0.3 is 0 Å². The van der Waals surface area contributed by atoms with E-state index in [4.69, 9.17) is 15.0 Å². The van der Waals surface area contributed by atoms with Crippen LogP contribution in [-0.2, 0) is 24.1 Å². The number of ether oxygens (including phenoxy) is 1. The summed E-state index contributed by atoms with van der Waals surface area (Å²) < 4.78 is 27.1.